The molecule has 2 aromatic rings. The summed E-state index contributed by atoms with van der Waals surface area (Å²) in [7, 11) is 0. The van der Waals surface area contributed by atoms with Crippen molar-refractivity contribution in [3.8, 4) is 5.88 Å². The SMILES string of the molecule is CC1CCCC1Cc1ccc2c(c1)c(C1=NCCOC1)c(O)n2C(C)C. The Morgan fingerprint density at radius 2 is 2.15 bits per heavy atom. The first-order valence-electron chi connectivity index (χ1n) is 10.0. The standard InChI is InChI=1S/C22H30N2O2/c1-14(2)24-20-8-7-16(11-17-6-4-5-15(17)3)12-18(20)21(22(24)25)19-13-26-10-9-23-19/h7-8,12,14-15,17,25H,4-6,9-11,13H2,1-3H3. The summed E-state index contributed by atoms with van der Waals surface area (Å²) >= 11 is 0. The van der Waals surface area contributed by atoms with Crippen molar-refractivity contribution in [1.82, 2.24) is 4.57 Å². The van der Waals surface area contributed by atoms with Crippen molar-refractivity contribution < 1.29 is 9.84 Å². The number of rotatable bonds is 4. The molecule has 4 rings (SSSR count). The Morgan fingerprint density at radius 1 is 1.31 bits per heavy atom. The van der Waals surface area contributed by atoms with Crippen LogP contribution in [0.4, 0.5) is 0 Å². The lowest BCUT2D eigenvalue weighted by Gasteiger charge is -2.16. The lowest BCUT2D eigenvalue weighted by molar-refractivity contribution is 0.171. The predicted molar refractivity (Wildman–Crippen MR) is 106 cm³/mol. The maximum Gasteiger partial charge on any atom is 0.201 e. The van der Waals surface area contributed by atoms with Gasteiger partial charge in [-0.1, -0.05) is 25.8 Å². The Labute approximate surface area is 155 Å². The second kappa shape index (κ2) is 7.07. The fraction of sp³-hybridized carbons (Fsp3) is 0.591. The van der Waals surface area contributed by atoms with E-state index in [4.69, 9.17) is 4.74 Å². The minimum absolute atomic E-state index is 0.192. The molecule has 2 aliphatic rings. The Bertz CT molecular complexity index is 834. The number of aliphatic imine (C=N–C) groups is 1. The van der Waals surface area contributed by atoms with Crippen LogP contribution in [-0.2, 0) is 11.2 Å². The van der Waals surface area contributed by atoms with E-state index in [0.29, 0.717) is 25.6 Å². The van der Waals surface area contributed by atoms with E-state index < -0.39 is 0 Å². The molecule has 4 nitrogen and oxygen atoms in total. The molecule has 0 spiro atoms. The highest BCUT2D eigenvalue weighted by atomic mass is 16.5. The van der Waals surface area contributed by atoms with Crippen molar-refractivity contribution in [2.75, 3.05) is 19.8 Å². The maximum atomic E-state index is 11.0. The summed E-state index contributed by atoms with van der Waals surface area (Å²) < 4.78 is 7.63. The first kappa shape index (κ1) is 17.6. The molecule has 0 saturated heterocycles. The second-order valence-electron chi connectivity index (χ2n) is 8.27. The smallest absolute Gasteiger partial charge is 0.201 e. The molecule has 1 aliphatic heterocycles. The predicted octanol–water partition coefficient (Wildman–Crippen LogP) is 4.73. The van der Waals surface area contributed by atoms with Crippen LogP contribution in [-0.4, -0.2) is 35.1 Å². The molecule has 4 heteroatoms. The number of fused-ring (bicyclic) bond motifs is 1. The Kier molecular flexibility index (Phi) is 4.78. The third-order valence-corrected chi connectivity index (χ3v) is 6.16. The van der Waals surface area contributed by atoms with Gasteiger partial charge in [-0.2, -0.15) is 0 Å². The molecule has 1 aromatic heterocycles. The van der Waals surface area contributed by atoms with Crippen molar-refractivity contribution in [1.29, 1.82) is 0 Å². The molecular formula is C22H30N2O2. The van der Waals surface area contributed by atoms with E-state index in [2.05, 4.69) is 44.0 Å². The van der Waals surface area contributed by atoms with Crippen molar-refractivity contribution >= 4 is 16.6 Å². The monoisotopic (exact) mass is 354 g/mol. The van der Waals surface area contributed by atoms with Crippen LogP contribution in [0.1, 0.15) is 57.2 Å². The van der Waals surface area contributed by atoms with Gasteiger partial charge >= 0.3 is 0 Å². The minimum atomic E-state index is 0.192. The minimum Gasteiger partial charge on any atom is -0.494 e. The van der Waals surface area contributed by atoms with Crippen LogP contribution >= 0.6 is 0 Å². The Balaban J connectivity index is 1.81. The fourth-order valence-corrected chi connectivity index (χ4v) is 4.72. The number of nitrogens with zero attached hydrogens (tertiary/aromatic N) is 2. The number of aromatic hydroxyl groups is 1. The van der Waals surface area contributed by atoms with Crippen LogP contribution in [0.3, 0.4) is 0 Å². The zero-order chi connectivity index (χ0) is 18.3. The van der Waals surface area contributed by atoms with Crippen molar-refractivity contribution in [3.63, 3.8) is 0 Å². The average molecular weight is 354 g/mol. The summed E-state index contributed by atoms with van der Waals surface area (Å²) in [6, 6.07) is 6.90. The van der Waals surface area contributed by atoms with E-state index in [-0.39, 0.29) is 6.04 Å². The number of ether oxygens (including phenoxy) is 1. The fourth-order valence-electron chi connectivity index (χ4n) is 4.72. The molecule has 1 fully saturated rings. The quantitative estimate of drug-likeness (QED) is 0.863. The van der Waals surface area contributed by atoms with E-state index >= 15 is 0 Å². The van der Waals surface area contributed by atoms with Crippen molar-refractivity contribution in [2.45, 2.75) is 52.5 Å². The highest BCUT2D eigenvalue weighted by Gasteiger charge is 2.26. The van der Waals surface area contributed by atoms with Gasteiger partial charge in [0.15, 0.2) is 0 Å². The highest BCUT2D eigenvalue weighted by molar-refractivity contribution is 6.14. The number of aromatic nitrogens is 1. The summed E-state index contributed by atoms with van der Waals surface area (Å²) in [5, 5.41) is 12.1. The van der Waals surface area contributed by atoms with E-state index in [1.807, 2.05) is 4.57 Å². The Morgan fingerprint density at radius 3 is 2.81 bits per heavy atom. The first-order chi connectivity index (χ1) is 12.6. The van der Waals surface area contributed by atoms with Gasteiger partial charge in [-0.15, -0.1) is 0 Å². The van der Waals surface area contributed by atoms with Gasteiger partial charge in [0.2, 0.25) is 5.88 Å². The molecule has 0 radical (unpaired) electrons. The summed E-state index contributed by atoms with van der Waals surface area (Å²) in [6.07, 6.45) is 5.19. The molecule has 0 bridgehead atoms. The number of benzene rings is 1. The van der Waals surface area contributed by atoms with E-state index in [9.17, 15) is 5.11 Å². The highest BCUT2D eigenvalue weighted by Crippen LogP contribution is 2.38. The van der Waals surface area contributed by atoms with E-state index in [0.717, 1.165) is 40.4 Å². The lowest BCUT2D eigenvalue weighted by atomic mass is 9.90. The van der Waals surface area contributed by atoms with Gasteiger partial charge in [0.05, 0.1) is 36.6 Å². The van der Waals surface area contributed by atoms with E-state index in [1.165, 1.54) is 24.8 Å². The van der Waals surface area contributed by atoms with Crippen LogP contribution in [0.15, 0.2) is 23.2 Å². The van der Waals surface area contributed by atoms with Gasteiger partial charge in [-0.25, -0.2) is 0 Å². The summed E-state index contributed by atoms with van der Waals surface area (Å²) in [5.41, 5.74) is 4.21. The first-order valence-corrected chi connectivity index (χ1v) is 10.0. The normalized spacial score (nSPS) is 23.8. The molecule has 0 amide bonds. The average Bonchev–Trinajstić information content (AvgIpc) is 3.15. The van der Waals surface area contributed by atoms with Crippen LogP contribution in [0.2, 0.25) is 0 Å². The molecule has 140 valence electrons. The van der Waals surface area contributed by atoms with Crippen molar-refractivity contribution in [2.24, 2.45) is 16.8 Å². The summed E-state index contributed by atoms with van der Waals surface area (Å²) in [6.45, 7) is 8.41. The van der Waals surface area contributed by atoms with Gasteiger partial charge in [0.1, 0.15) is 0 Å². The van der Waals surface area contributed by atoms with Gasteiger partial charge in [-0.05, 0) is 56.2 Å². The molecule has 1 saturated carbocycles. The molecule has 26 heavy (non-hydrogen) atoms. The van der Waals surface area contributed by atoms with Crippen LogP contribution < -0.4 is 0 Å². The van der Waals surface area contributed by atoms with E-state index in [1.54, 1.807) is 0 Å². The molecule has 2 unspecified atom stereocenters. The topological polar surface area (TPSA) is 46.8 Å². The molecule has 1 aliphatic carbocycles. The van der Waals surface area contributed by atoms with Gasteiger partial charge in [0, 0.05) is 11.4 Å². The Hall–Kier alpha value is -1.81. The molecule has 2 heterocycles. The third-order valence-electron chi connectivity index (χ3n) is 6.16. The zero-order valence-corrected chi connectivity index (χ0v) is 16.2. The largest absolute Gasteiger partial charge is 0.494 e. The van der Waals surface area contributed by atoms with Crippen molar-refractivity contribution in [3.05, 3.63) is 29.3 Å². The number of hydrogen-bond acceptors (Lipinski definition) is 3. The molecule has 2 atom stereocenters. The van der Waals surface area contributed by atoms with Gasteiger partial charge < -0.3 is 14.4 Å². The lowest BCUT2D eigenvalue weighted by Crippen LogP contribution is -2.19. The maximum absolute atomic E-state index is 11.0. The van der Waals surface area contributed by atoms with Crippen LogP contribution in [0.25, 0.3) is 10.9 Å². The van der Waals surface area contributed by atoms with Crippen LogP contribution in [0, 0.1) is 11.8 Å². The van der Waals surface area contributed by atoms with Gasteiger partial charge in [-0.3, -0.25) is 4.99 Å². The second-order valence-corrected chi connectivity index (χ2v) is 8.27. The van der Waals surface area contributed by atoms with Crippen LogP contribution in [0.5, 0.6) is 5.88 Å². The zero-order valence-electron chi connectivity index (χ0n) is 16.2. The molecular weight excluding hydrogens is 324 g/mol. The molecule has 1 N–H and O–H groups in total. The van der Waals surface area contributed by atoms with Gasteiger partial charge in [0.25, 0.3) is 0 Å². The third kappa shape index (κ3) is 3.05. The summed E-state index contributed by atoms with van der Waals surface area (Å²) in [4.78, 5) is 4.65. The summed E-state index contributed by atoms with van der Waals surface area (Å²) in [5.74, 6) is 1.92. The molecule has 1 aromatic carbocycles. The number of hydrogen-bond donors (Lipinski definition) is 1.